The molecule has 82 heavy (non-hydrogen) atoms. The fourth-order valence-corrected chi connectivity index (χ4v) is 12.5. The molecule has 11 aromatic carbocycles. The monoisotopic (exact) mass is 1050 g/mol. The molecular weight excluding hydrogens is 993 g/mol. The van der Waals surface area contributed by atoms with Crippen LogP contribution < -0.4 is 10.6 Å². The Balaban J connectivity index is 0.687. The zero-order valence-corrected chi connectivity index (χ0v) is 46.2. The minimum Gasteiger partial charge on any atom is -0.381 e. The number of aryl methyl sites for hydroxylation is 2. The number of fused-ring (bicyclic) bond motifs is 3. The second-order valence-corrected chi connectivity index (χ2v) is 21.4. The van der Waals surface area contributed by atoms with Gasteiger partial charge >= 0.3 is 0 Å². The first-order chi connectivity index (χ1) is 40.4. The van der Waals surface area contributed by atoms with Gasteiger partial charge in [0.1, 0.15) is 0 Å². The molecular formula is C78H62N4. The molecule has 0 bridgehead atoms. The fraction of sp³-hybridized carbons (Fsp3) is 0.0769. The summed E-state index contributed by atoms with van der Waals surface area (Å²) in [5.74, 6) is 0. The predicted molar refractivity (Wildman–Crippen MR) is 342 cm³/mol. The van der Waals surface area contributed by atoms with E-state index in [2.05, 4.69) is 328 Å². The molecule has 0 unspecified atom stereocenters. The van der Waals surface area contributed by atoms with Gasteiger partial charge in [-0.2, -0.15) is 0 Å². The highest BCUT2D eigenvalue weighted by Crippen LogP contribution is 2.47. The molecule has 0 atom stereocenters. The Morgan fingerprint density at radius 1 is 0.280 bits per heavy atom. The van der Waals surface area contributed by atoms with Crippen LogP contribution in [0, 0.1) is 13.8 Å². The summed E-state index contributed by atoms with van der Waals surface area (Å²) >= 11 is 0. The average Bonchev–Trinajstić information content (AvgIpc) is 2.12. The first-order valence-corrected chi connectivity index (χ1v) is 28.4. The van der Waals surface area contributed by atoms with Crippen molar-refractivity contribution in [2.45, 2.75) is 37.8 Å². The number of nitrogens with one attached hydrogen (secondary N) is 2. The van der Waals surface area contributed by atoms with Crippen molar-refractivity contribution in [1.29, 1.82) is 0 Å². The van der Waals surface area contributed by atoms with Crippen molar-refractivity contribution in [2.75, 3.05) is 10.6 Å². The average molecular weight is 1060 g/mol. The molecule has 4 nitrogen and oxygen atoms in total. The van der Waals surface area contributed by atoms with E-state index in [0.29, 0.717) is 13.1 Å². The van der Waals surface area contributed by atoms with Crippen LogP contribution in [0.5, 0.6) is 0 Å². The third kappa shape index (κ3) is 9.69. The highest BCUT2D eigenvalue weighted by molar-refractivity contribution is 6.05. The highest BCUT2D eigenvalue weighted by atomic mass is 14.9. The van der Waals surface area contributed by atoms with E-state index in [1.165, 1.54) is 55.6 Å². The van der Waals surface area contributed by atoms with Crippen LogP contribution in [0.3, 0.4) is 0 Å². The van der Waals surface area contributed by atoms with Crippen molar-refractivity contribution in [3.63, 3.8) is 0 Å². The minimum absolute atomic E-state index is 0.475. The van der Waals surface area contributed by atoms with Crippen LogP contribution in [0.4, 0.5) is 11.4 Å². The first kappa shape index (κ1) is 51.3. The van der Waals surface area contributed by atoms with Crippen LogP contribution in [0.1, 0.15) is 67.0 Å². The van der Waals surface area contributed by atoms with E-state index in [9.17, 15) is 0 Å². The van der Waals surface area contributed by atoms with Gasteiger partial charge in [-0.15, -0.1) is 0 Å². The molecule has 0 fully saturated rings. The summed E-state index contributed by atoms with van der Waals surface area (Å²) in [6, 6.07) is 110. The summed E-state index contributed by atoms with van der Waals surface area (Å²) in [6.45, 7) is 5.62. The Kier molecular flexibility index (Phi) is 14.1. The topological polar surface area (TPSA) is 49.8 Å². The van der Waals surface area contributed by atoms with Gasteiger partial charge in [-0.3, -0.25) is 9.97 Å². The molecule has 0 amide bonds. The highest BCUT2D eigenvalue weighted by Gasteiger charge is 2.39. The van der Waals surface area contributed by atoms with E-state index >= 15 is 0 Å². The number of pyridine rings is 2. The summed E-state index contributed by atoms with van der Waals surface area (Å²) in [4.78, 5) is 10.5. The van der Waals surface area contributed by atoms with Crippen molar-refractivity contribution in [2.24, 2.45) is 0 Å². The zero-order chi connectivity index (χ0) is 55.3. The van der Waals surface area contributed by atoms with E-state index < -0.39 is 10.8 Å². The number of hydrogen-bond acceptors (Lipinski definition) is 4. The second-order valence-electron chi connectivity index (χ2n) is 21.4. The Morgan fingerprint density at radius 3 is 0.805 bits per heavy atom. The molecule has 2 aromatic heterocycles. The Labute approximate surface area is 481 Å². The van der Waals surface area contributed by atoms with Gasteiger partial charge in [0.25, 0.3) is 0 Å². The van der Waals surface area contributed by atoms with Gasteiger partial charge in [0.15, 0.2) is 0 Å². The Hall–Kier alpha value is -10.2. The van der Waals surface area contributed by atoms with Crippen molar-refractivity contribution in [3.05, 3.63) is 370 Å². The molecule has 0 aliphatic rings. The standard InChI is InChI=1S/C78H62N4/c1-55-73(59-37-33-57(34-38-59)53-79-71-47-43-69(44-48-71)77(63-21-9-3-10-22-63,64-23-11-4-12-24-64)65-25-13-5-14-26-65)51-61-41-42-62-52-74(56(2)82-76(62)75(61)81-55)60-39-35-58(36-40-60)54-80-72-49-45-70(46-50-72)78(66-27-15-6-16-28-66,67-29-17-7-18-30-67)68-31-19-8-20-32-68/h3-52,79-80H,53-54H2,1-2H3. The quantitative estimate of drug-likeness (QED) is 0.0748. The predicted octanol–water partition coefficient (Wildman–Crippen LogP) is 18.7. The third-order valence-corrected chi connectivity index (χ3v) is 16.6. The summed E-state index contributed by atoms with van der Waals surface area (Å²) < 4.78 is 0. The van der Waals surface area contributed by atoms with Crippen LogP contribution in [0.2, 0.25) is 0 Å². The van der Waals surface area contributed by atoms with Crippen LogP contribution in [0.25, 0.3) is 44.1 Å². The lowest BCUT2D eigenvalue weighted by molar-refractivity contribution is 0.745. The normalized spacial score (nSPS) is 11.6. The van der Waals surface area contributed by atoms with Crippen LogP contribution in [0.15, 0.2) is 303 Å². The number of hydrogen-bond donors (Lipinski definition) is 2. The van der Waals surface area contributed by atoms with Gasteiger partial charge < -0.3 is 10.6 Å². The van der Waals surface area contributed by atoms with Gasteiger partial charge in [-0.25, -0.2) is 0 Å². The molecule has 13 rings (SSSR count). The van der Waals surface area contributed by atoms with Gasteiger partial charge in [-0.1, -0.05) is 267 Å². The molecule has 2 heterocycles. The summed E-state index contributed by atoms with van der Waals surface area (Å²) in [6.07, 6.45) is 0. The molecule has 0 radical (unpaired) electrons. The Bertz CT molecular complexity index is 3790. The van der Waals surface area contributed by atoms with Crippen molar-refractivity contribution in [3.8, 4) is 22.3 Å². The SMILES string of the molecule is Cc1nc2c(ccc3cc(-c4ccc(CNc5ccc(C(c6ccccc6)(c6ccccc6)c6ccccc6)cc5)cc4)c(C)nc32)cc1-c1ccc(CNc2ccc(C(c3ccccc3)(c3ccccc3)c3ccccc3)cc2)cc1. The lowest BCUT2D eigenvalue weighted by atomic mass is 9.65. The lowest BCUT2D eigenvalue weighted by Gasteiger charge is -2.37. The van der Waals surface area contributed by atoms with Gasteiger partial charge in [0, 0.05) is 57.8 Å². The fourth-order valence-electron chi connectivity index (χ4n) is 12.5. The second kappa shape index (κ2) is 22.5. The van der Waals surface area contributed by atoms with E-state index in [1.807, 2.05) is 0 Å². The number of benzene rings is 11. The number of aromatic nitrogens is 2. The minimum atomic E-state index is -0.475. The van der Waals surface area contributed by atoms with Gasteiger partial charge in [0.2, 0.25) is 0 Å². The molecule has 0 aliphatic carbocycles. The molecule has 4 heteroatoms. The van der Waals surface area contributed by atoms with E-state index in [-0.39, 0.29) is 0 Å². The number of nitrogens with zero attached hydrogens (tertiary/aromatic N) is 2. The first-order valence-electron chi connectivity index (χ1n) is 28.4. The van der Waals surface area contributed by atoms with Crippen molar-refractivity contribution in [1.82, 2.24) is 9.97 Å². The molecule has 0 saturated heterocycles. The third-order valence-electron chi connectivity index (χ3n) is 16.6. The molecule has 0 spiro atoms. The Morgan fingerprint density at radius 2 is 0.537 bits per heavy atom. The molecule has 0 aliphatic heterocycles. The maximum Gasteiger partial charge on any atom is 0.0968 e. The number of anilines is 2. The lowest BCUT2D eigenvalue weighted by Crippen LogP contribution is -2.30. The van der Waals surface area contributed by atoms with Crippen LogP contribution >= 0.6 is 0 Å². The molecule has 394 valence electrons. The smallest absolute Gasteiger partial charge is 0.0968 e. The summed E-state index contributed by atoms with van der Waals surface area (Å²) in [5, 5.41) is 9.55. The van der Waals surface area contributed by atoms with Crippen LogP contribution in [-0.2, 0) is 23.9 Å². The summed E-state index contributed by atoms with van der Waals surface area (Å²) in [5.41, 5.74) is 21.8. The van der Waals surface area contributed by atoms with Gasteiger partial charge in [-0.05, 0) is 117 Å². The van der Waals surface area contributed by atoms with Crippen LogP contribution in [-0.4, -0.2) is 9.97 Å². The van der Waals surface area contributed by atoms with Crippen molar-refractivity contribution < 1.29 is 0 Å². The van der Waals surface area contributed by atoms with Gasteiger partial charge in [0.05, 0.1) is 21.9 Å². The zero-order valence-electron chi connectivity index (χ0n) is 46.2. The molecule has 13 aromatic rings. The molecule has 2 N–H and O–H groups in total. The number of rotatable bonds is 16. The summed E-state index contributed by atoms with van der Waals surface area (Å²) in [7, 11) is 0. The molecule has 0 saturated carbocycles. The van der Waals surface area contributed by atoms with Crippen molar-refractivity contribution >= 4 is 33.2 Å². The van der Waals surface area contributed by atoms with E-state index in [1.54, 1.807) is 0 Å². The largest absolute Gasteiger partial charge is 0.381 e. The van der Waals surface area contributed by atoms with E-state index in [4.69, 9.17) is 9.97 Å². The maximum atomic E-state index is 5.24. The van der Waals surface area contributed by atoms with E-state index in [0.717, 1.165) is 66.8 Å². The maximum absolute atomic E-state index is 5.24.